The quantitative estimate of drug-likeness (QED) is 0.569. The van der Waals surface area contributed by atoms with E-state index in [2.05, 4.69) is 20.4 Å². The van der Waals surface area contributed by atoms with Crippen molar-refractivity contribution in [1.82, 2.24) is 19.7 Å². The molecule has 2 aliphatic heterocycles. The van der Waals surface area contributed by atoms with Crippen molar-refractivity contribution in [2.45, 2.75) is 24.7 Å². The Labute approximate surface area is 148 Å². The summed E-state index contributed by atoms with van der Waals surface area (Å²) in [5, 5.41) is 7.01. The van der Waals surface area contributed by atoms with Crippen LogP contribution in [0.5, 0.6) is 0 Å². The van der Waals surface area contributed by atoms with Crippen LogP contribution in [0, 0.1) is 0 Å². The first-order valence-electron chi connectivity index (χ1n) is 8.53. The lowest BCUT2D eigenvalue weighted by Crippen LogP contribution is -2.54. The largest absolute Gasteiger partial charge is 0.376 e. The Hall–Kier alpha value is -1.65. The zero-order chi connectivity index (χ0) is 17.7. The Balaban J connectivity index is 1.49. The molecule has 0 saturated carbocycles. The first-order valence-corrected chi connectivity index (χ1v) is 10.1. The van der Waals surface area contributed by atoms with Crippen molar-refractivity contribution in [1.29, 1.82) is 0 Å². The number of piperazine rings is 1. The number of hydrogen-bond acceptors (Lipinski definition) is 6. The Morgan fingerprint density at radius 2 is 2.20 bits per heavy atom. The first-order chi connectivity index (χ1) is 12.1. The predicted molar refractivity (Wildman–Crippen MR) is 92.6 cm³/mol. The van der Waals surface area contributed by atoms with Crippen molar-refractivity contribution in [3.8, 4) is 0 Å². The Kier molecular flexibility index (Phi) is 5.92. The van der Waals surface area contributed by atoms with Crippen LogP contribution in [0.1, 0.15) is 18.5 Å². The van der Waals surface area contributed by atoms with Crippen molar-refractivity contribution >= 4 is 16.0 Å². The second kappa shape index (κ2) is 8.15. The molecule has 9 nitrogen and oxygen atoms in total. The van der Waals surface area contributed by atoms with Gasteiger partial charge < -0.3 is 19.5 Å². The molecular formula is C15H25N5O4S. The van der Waals surface area contributed by atoms with Crippen LogP contribution in [0.2, 0.25) is 0 Å². The van der Waals surface area contributed by atoms with E-state index in [4.69, 9.17) is 9.26 Å². The predicted octanol–water partition coefficient (Wildman–Crippen LogP) is -0.124. The van der Waals surface area contributed by atoms with Gasteiger partial charge in [-0.25, -0.2) is 8.42 Å². The second-order valence-electron chi connectivity index (χ2n) is 6.20. The van der Waals surface area contributed by atoms with Crippen LogP contribution >= 0.6 is 0 Å². The Morgan fingerprint density at radius 3 is 2.80 bits per heavy atom. The molecule has 1 aromatic rings. The van der Waals surface area contributed by atoms with Crippen LogP contribution in [0.4, 0.5) is 0 Å². The van der Waals surface area contributed by atoms with Crippen LogP contribution < -0.4 is 5.32 Å². The normalized spacial score (nSPS) is 23.2. The van der Waals surface area contributed by atoms with E-state index < -0.39 is 10.0 Å². The summed E-state index contributed by atoms with van der Waals surface area (Å²) in [4.78, 5) is 6.39. The van der Waals surface area contributed by atoms with Gasteiger partial charge in [0.05, 0.1) is 11.8 Å². The summed E-state index contributed by atoms with van der Waals surface area (Å²) in [6.07, 6.45) is 3.79. The molecule has 3 rings (SSSR count). The summed E-state index contributed by atoms with van der Waals surface area (Å²) in [6, 6.07) is 1.57. The molecule has 0 radical (unpaired) electrons. The number of aliphatic imine (C=N–C) groups is 1. The second-order valence-corrected chi connectivity index (χ2v) is 8.17. The van der Waals surface area contributed by atoms with E-state index in [-0.39, 0.29) is 11.9 Å². The fourth-order valence-corrected chi connectivity index (χ4v) is 4.54. The average Bonchev–Trinajstić information content (AvgIpc) is 3.29. The molecule has 1 N–H and O–H groups in total. The van der Waals surface area contributed by atoms with E-state index in [1.54, 1.807) is 13.1 Å². The van der Waals surface area contributed by atoms with Gasteiger partial charge in [-0.3, -0.25) is 4.99 Å². The highest BCUT2D eigenvalue weighted by Gasteiger charge is 2.29. The van der Waals surface area contributed by atoms with E-state index in [0.717, 1.165) is 32.0 Å². The molecule has 140 valence electrons. The molecule has 1 aromatic heterocycles. The van der Waals surface area contributed by atoms with Gasteiger partial charge in [0, 0.05) is 52.4 Å². The molecule has 2 saturated heterocycles. The summed E-state index contributed by atoms with van der Waals surface area (Å²) in [5.74, 6) is 0.666. The maximum atomic E-state index is 12.5. The van der Waals surface area contributed by atoms with Gasteiger partial charge in [0.2, 0.25) is 10.0 Å². The number of ether oxygens (including phenoxy) is 1. The lowest BCUT2D eigenvalue weighted by Gasteiger charge is -2.36. The standard InChI is InChI=1S/C15H25N5O4S/c1-16-15(17-11-14-3-2-9-23-14)19-5-7-20(8-6-19)25(21,22)12-13-4-10-24-18-13/h4,10,14H,2-3,5-9,11-12H2,1H3,(H,16,17). The van der Waals surface area contributed by atoms with E-state index in [9.17, 15) is 8.42 Å². The van der Waals surface area contributed by atoms with Gasteiger partial charge in [0.25, 0.3) is 0 Å². The fourth-order valence-electron chi connectivity index (χ4n) is 3.11. The fraction of sp³-hybridized carbons (Fsp3) is 0.733. The van der Waals surface area contributed by atoms with Crippen molar-refractivity contribution in [2.75, 3.05) is 46.4 Å². The molecule has 1 atom stereocenters. The highest BCUT2D eigenvalue weighted by Crippen LogP contribution is 2.14. The number of nitrogens with zero attached hydrogens (tertiary/aromatic N) is 4. The number of hydrogen-bond donors (Lipinski definition) is 1. The van der Waals surface area contributed by atoms with Crippen molar-refractivity contribution in [3.05, 3.63) is 18.0 Å². The molecular weight excluding hydrogens is 346 g/mol. The monoisotopic (exact) mass is 371 g/mol. The molecule has 1 unspecified atom stereocenters. The van der Waals surface area contributed by atoms with E-state index in [1.807, 2.05) is 0 Å². The summed E-state index contributed by atoms with van der Waals surface area (Å²) in [6.45, 7) is 3.62. The molecule has 0 bridgehead atoms. The van der Waals surface area contributed by atoms with Gasteiger partial charge in [-0.1, -0.05) is 5.16 Å². The molecule has 0 amide bonds. The van der Waals surface area contributed by atoms with Gasteiger partial charge >= 0.3 is 0 Å². The van der Waals surface area contributed by atoms with Crippen molar-refractivity contribution in [2.24, 2.45) is 4.99 Å². The van der Waals surface area contributed by atoms with Gasteiger partial charge in [-0.2, -0.15) is 4.31 Å². The van der Waals surface area contributed by atoms with E-state index in [1.165, 1.54) is 10.6 Å². The minimum atomic E-state index is -3.38. The lowest BCUT2D eigenvalue weighted by molar-refractivity contribution is 0.113. The molecule has 25 heavy (non-hydrogen) atoms. The van der Waals surface area contributed by atoms with E-state index in [0.29, 0.717) is 31.9 Å². The van der Waals surface area contributed by atoms with Crippen LogP contribution in [0.25, 0.3) is 0 Å². The zero-order valence-electron chi connectivity index (χ0n) is 14.4. The topological polar surface area (TPSA) is 100 Å². The minimum Gasteiger partial charge on any atom is -0.376 e. The summed E-state index contributed by atoms with van der Waals surface area (Å²) < 4.78 is 36.7. The number of rotatable bonds is 5. The van der Waals surface area contributed by atoms with Crippen LogP contribution in [0.15, 0.2) is 21.8 Å². The lowest BCUT2D eigenvalue weighted by atomic mass is 10.2. The highest BCUT2D eigenvalue weighted by atomic mass is 32.2. The average molecular weight is 371 g/mol. The third-order valence-corrected chi connectivity index (χ3v) is 6.29. The SMILES string of the molecule is CN=C(NCC1CCCO1)N1CCN(S(=O)(=O)Cc2ccon2)CC1. The summed E-state index contributed by atoms with van der Waals surface area (Å²) in [7, 11) is -1.64. The zero-order valence-corrected chi connectivity index (χ0v) is 15.2. The van der Waals surface area contributed by atoms with Gasteiger partial charge in [0.1, 0.15) is 12.0 Å². The van der Waals surface area contributed by atoms with E-state index >= 15 is 0 Å². The smallest absolute Gasteiger partial charge is 0.220 e. The Bertz CT molecular complexity index is 662. The number of aromatic nitrogens is 1. The van der Waals surface area contributed by atoms with Gasteiger partial charge in [-0.05, 0) is 12.8 Å². The maximum absolute atomic E-state index is 12.5. The third-order valence-electron chi connectivity index (χ3n) is 4.48. The summed E-state index contributed by atoms with van der Waals surface area (Å²) in [5.41, 5.74) is 0.427. The van der Waals surface area contributed by atoms with Crippen LogP contribution in [0.3, 0.4) is 0 Å². The maximum Gasteiger partial charge on any atom is 0.220 e. The molecule has 2 aliphatic rings. The first kappa shape index (κ1) is 18.2. The molecule has 0 aromatic carbocycles. The number of guanidine groups is 1. The molecule has 0 spiro atoms. The molecule has 10 heteroatoms. The molecule has 0 aliphatic carbocycles. The summed E-state index contributed by atoms with van der Waals surface area (Å²) >= 11 is 0. The molecule has 2 fully saturated rings. The van der Waals surface area contributed by atoms with Crippen LogP contribution in [-0.2, 0) is 20.5 Å². The number of nitrogens with one attached hydrogen (secondary N) is 1. The van der Waals surface area contributed by atoms with Crippen molar-refractivity contribution < 1.29 is 17.7 Å². The van der Waals surface area contributed by atoms with Gasteiger partial charge in [0.15, 0.2) is 5.96 Å². The Morgan fingerprint density at radius 1 is 1.40 bits per heavy atom. The molecule has 3 heterocycles. The van der Waals surface area contributed by atoms with Crippen LogP contribution in [-0.4, -0.2) is 81.2 Å². The van der Waals surface area contributed by atoms with Gasteiger partial charge in [-0.15, -0.1) is 0 Å². The number of sulfonamides is 1. The minimum absolute atomic E-state index is 0.129. The third kappa shape index (κ3) is 4.71. The van der Waals surface area contributed by atoms with Crippen molar-refractivity contribution in [3.63, 3.8) is 0 Å². The highest BCUT2D eigenvalue weighted by molar-refractivity contribution is 7.88.